The second-order valence-electron chi connectivity index (χ2n) is 6.72. The van der Waals surface area contributed by atoms with Gasteiger partial charge in [0, 0.05) is 13.2 Å². The monoisotopic (exact) mass is 307 g/mol. The molecule has 0 aromatic heterocycles. The fourth-order valence-corrected chi connectivity index (χ4v) is 2.22. The summed E-state index contributed by atoms with van der Waals surface area (Å²) in [5.74, 6) is 0.832. The molecule has 0 radical (unpaired) electrons. The molecule has 1 aromatic rings. The molecule has 0 unspecified atom stereocenters. The third-order valence-electron chi connectivity index (χ3n) is 3.90. The first kappa shape index (κ1) is 18.5. The Kier molecular flexibility index (Phi) is 6.88. The lowest BCUT2D eigenvalue weighted by Gasteiger charge is -2.23. The van der Waals surface area contributed by atoms with E-state index in [0.717, 1.165) is 16.9 Å². The molecule has 1 aromatic carbocycles. The van der Waals surface area contributed by atoms with Crippen LogP contribution < -0.4 is 10.1 Å². The average Bonchev–Trinajstić information content (AvgIpc) is 2.42. The molecule has 0 saturated carbocycles. The molecule has 22 heavy (non-hydrogen) atoms. The molecular formula is C18H29NO3. The Morgan fingerprint density at radius 2 is 1.95 bits per heavy atom. The van der Waals surface area contributed by atoms with Gasteiger partial charge in [0.05, 0.1) is 13.0 Å². The highest BCUT2D eigenvalue weighted by atomic mass is 16.5. The lowest BCUT2D eigenvalue weighted by Crippen LogP contribution is -2.35. The van der Waals surface area contributed by atoms with Crippen LogP contribution in [0.1, 0.15) is 43.4 Å². The molecule has 1 rings (SSSR count). The normalized spacial score (nSPS) is 11.4. The van der Waals surface area contributed by atoms with E-state index < -0.39 is 0 Å². The summed E-state index contributed by atoms with van der Waals surface area (Å²) in [4.78, 5) is 11.8. The summed E-state index contributed by atoms with van der Waals surface area (Å²) in [6.45, 7) is 11.3. The predicted octanol–water partition coefficient (Wildman–Crippen LogP) is 2.91. The second kappa shape index (κ2) is 8.18. The molecule has 4 nitrogen and oxygen atoms in total. The number of aliphatic hydroxyl groups excluding tert-OH is 1. The minimum atomic E-state index is -0.0878. The molecule has 0 fully saturated rings. The molecule has 0 aliphatic heterocycles. The maximum absolute atomic E-state index is 11.8. The van der Waals surface area contributed by atoms with Gasteiger partial charge in [-0.1, -0.05) is 19.9 Å². The van der Waals surface area contributed by atoms with Crippen molar-refractivity contribution in [3.05, 3.63) is 28.8 Å². The van der Waals surface area contributed by atoms with E-state index in [9.17, 15) is 4.79 Å². The number of hydrogen-bond donors (Lipinski definition) is 2. The number of carbonyl (C=O) groups is 1. The molecule has 0 saturated heterocycles. The number of amides is 1. The minimum absolute atomic E-state index is 0.0203. The number of aryl methyl sites for hydroxylation is 2. The first-order valence-corrected chi connectivity index (χ1v) is 7.83. The van der Waals surface area contributed by atoms with Crippen LogP contribution in [0.15, 0.2) is 12.1 Å². The van der Waals surface area contributed by atoms with Gasteiger partial charge in [0.2, 0.25) is 5.91 Å². The van der Waals surface area contributed by atoms with Crippen molar-refractivity contribution in [2.24, 2.45) is 5.41 Å². The van der Waals surface area contributed by atoms with Gasteiger partial charge in [-0.3, -0.25) is 4.79 Å². The second-order valence-corrected chi connectivity index (χ2v) is 6.72. The highest BCUT2D eigenvalue weighted by molar-refractivity contribution is 5.76. The van der Waals surface area contributed by atoms with Crippen LogP contribution >= 0.6 is 0 Å². The van der Waals surface area contributed by atoms with E-state index in [4.69, 9.17) is 9.84 Å². The first-order chi connectivity index (χ1) is 10.2. The van der Waals surface area contributed by atoms with Crippen molar-refractivity contribution in [3.63, 3.8) is 0 Å². The minimum Gasteiger partial charge on any atom is -0.493 e. The van der Waals surface area contributed by atoms with Crippen molar-refractivity contribution in [1.29, 1.82) is 0 Å². The zero-order valence-corrected chi connectivity index (χ0v) is 14.5. The largest absolute Gasteiger partial charge is 0.493 e. The Balaban J connectivity index is 2.40. The standard InChI is InChI=1S/C18H29NO3/c1-13-10-14(2)15(3)16(11-13)22-9-6-17(21)19-12-18(4,5)7-8-20/h10-11,20H,6-9,12H2,1-5H3,(H,19,21). The molecule has 1 amide bonds. The molecule has 2 N–H and O–H groups in total. The van der Waals surface area contributed by atoms with E-state index in [1.54, 1.807) is 0 Å². The molecule has 0 heterocycles. The van der Waals surface area contributed by atoms with Crippen LogP contribution in [0.5, 0.6) is 5.75 Å². The van der Waals surface area contributed by atoms with E-state index in [1.807, 2.05) is 33.8 Å². The van der Waals surface area contributed by atoms with Crippen molar-refractivity contribution in [2.75, 3.05) is 19.8 Å². The van der Waals surface area contributed by atoms with Crippen LogP contribution in [-0.2, 0) is 4.79 Å². The van der Waals surface area contributed by atoms with Crippen molar-refractivity contribution in [1.82, 2.24) is 5.32 Å². The van der Waals surface area contributed by atoms with Crippen LogP contribution in [0.4, 0.5) is 0 Å². The third kappa shape index (κ3) is 6.06. The van der Waals surface area contributed by atoms with Crippen LogP contribution in [0.25, 0.3) is 0 Å². The number of aliphatic hydroxyl groups is 1. The maximum Gasteiger partial charge on any atom is 0.223 e. The van der Waals surface area contributed by atoms with Crippen LogP contribution in [0, 0.1) is 26.2 Å². The fourth-order valence-electron chi connectivity index (χ4n) is 2.22. The van der Waals surface area contributed by atoms with E-state index in [1.165, 1.54) is 5.56 Å². The number of benzene rings is 1. The van der Waals surface area contributed by atoms with Crippen LogP contribution in [0.3, 0.4) is 0 Å². The molecule has 124 valence electrons. The lowest BCUT2D eigenvalue weighted by atomic mass is 9.90. The number of hydrogen-bond acceptors (Lipinski definition) is 3. The van der Waals surface area contributed by atoms with Gasteiger partial charge in [-0.25, -0.2) is 0 Å². The third-order valence-corrected chi connectivity index (χ3v) is 3.90. The van der Waals surface area contributed by atoms with Crippen molar-refractivity contribution >= 4 is 5.91 Å². The van der Waals surface area contributed by atoms with E-state index in [-0.39, 0.29) is 17.9 Å². The van der Waals surface area contributed by atoms with Gasteiger partial charge in [-0.2, -0.15) is 0 Å². The van der Waals surface area contributed by atoms with Gasteiger partial charge in [-0.05, 0) is 55.4 Å². The Morgan fingerprint density at radius 3 is 2.59 bits per heavy atom. The Hall–Kier alpha value is -1.55. The predicted molar refractivity (Wildman–Crippen MR) is 89.3 cm³/mol. The van der Waals surface area contributed by atoms with E-state index in [0.29, 0.717) is 26.0 Å². The fraction of sp³-hybridized carbons (Fsp3) is 0.611. The summed E-state index contributed by atoms with van der Waals surface area (Å²) in [5, 5.41) is 11.9. The SMILES string of the molecule is Cc1cc(C)c(C)c(OCCC(=O)NCC(C)(C)CCO)c1. The highest BCUT2D eigenvalue weighted by Gasteiger charge is 2.18. The summed E-state index contributed by atoms with van der Waals surface area (Å²) in [6, 6.07) is 4.13. The molecule has 0 aliphatic carbocycles. The molecule has 0 atom stereocenters. The Labute approximate surface area is 133 Å². The zero-order valence-electron chi connectivity index (χ0n) is 14.5. The number of ether oxygens (including phenoxy) is 1. The summed E-state index contributed by atoms with van der Waals surface area (Å²) < 4.78 is 5.75. The van der Waals surface area contributed by atoms with Crippen molar-refractivity contribution in [3.8, 4) is 5.75 Å². The maximum atomic E-state index is 11.8. The van der Waals surface area contributed by atoms with E-state index in [2.05, 4.69) is 18.3 Å². The summed E-state index contributed by atoms with van der Waals surface area (Å²) in [7, 11) is 0. The number of carbonyl (C=O) groups excluding carboxylic acids is 1. The van der Waals surface area contributed by atoms with Gasteiger partial charge in [0.25, 0.3) is 0 Å². The molecular weight excluding hydrogens is 278 g/mol. The number of rotatable bonds is 8. The smallest absolute Gasteiger partial charge is 0.223 e. The topological polar surface area (TPSA) is 58.6 Å². The molecule has 0 aliphatic rings. The average molecular weight is 307 g/mol. The summed E-state index contributed by atoms with van der Waals surface area (Å²) >= 11 is 0. The van der Waals surface area contributed by atoms with Gasteiger partial charge in [0.1, 0.15) is 5.75 Å². The van der Waals surface area contributed by atoms with Crippen LogP contribution in [-0.4, -0.2) is 30.8 Å². The Bertz CT molecular complexity index is 509. The first-order valence-electron chi connectivity index (χ1n) is 7.83. The molecule has 0 spiro atoms. The zero-order chi connectivity index (χ0) is 16.8. The quantitative estimate of drug-likeness (QED) is 0.776. The van der Waals surface area contributed by atoms with Gasteiger partial charge >= 0.3 is 0 Å². The van der Waals surface area contributed by atoms with Gasteiger partial charge in [-0.15, -0.1) is 0 Å². The summed E-state index contributed by atoms with van der Waals surface area (Å²) in [6.07, 6.45) is 1.01. The molecule has 0 bridgehead atoms. The molecule has 4 heteroatoms. The van der Waals surface area contributed by atoms with Gasteiger partial charge < -0.3 is 15.2 Å². The Morgan fingerprint density at radius 1 is 1.27 bits per heavy atom. The van der Waals surface area contributed by atoms with E-state index >= 15 is 0 Å². The van der Waals surface area contributed by atoms with Crippen LogP contribution in [0.2, 0.25) is 0 Å². The van der Waals surface area contributed by atoms with Crippen molar-refractivity contribution in [2.45, 2.75) is 47.5 Å². The lowest BCUT2D eigenvalue weighted by molar-refractivity contribution is -0.122. The summed E-state index contributed by atoms with van der Waals surface area (Å²) in [5.41, 5.74) is 3.39. The van der Waals surface area contributed by atoms with Crippen molar-refractivity contribution < 1.29 is 14.6 Å². The number of nitrogens with one attached hydrogen (secondary N) is 1. The van der Waals surface area contributed by atoms with Gasteiger partial charge in [0.15, 0.2) is 0 Å². The highest BCUT2D eigenvalue weighted by Crippen LogP contribution is 2.23.